The molecular formula is C11H7ClFN5. The largest absolute Gasteiger partial charge is 0.384 e. The summed E-state index contributed by atoms with van der Waals surface area (Å²) in [6, 6.07) is 4.33. The van der Waals surface area contributed by atoms with Gasteiger partial charge in [0.05, 0.1) is 6.20 Å². The van der Waals surface area contributed by atoms with Crippen LogP contribution in [-0.2, 0) is 0 Å². The van der Waals surface area contributed by atoms with Crippen LogP contribution in [-0.4, -0.2) is 19.4 Å². The van der Waals surface area contributed by atoms with Crippen molar-refractivity contribution in [3.63, 3.8) is 0 Å². The summed E-state index contributed by atoms with van der Waals surface area (Å²) in [5.41, 5.74) is 6.72. The minimum atomic E-state index is -0.378. The normalized spacial score (nSPS) is 11.0. The van der Waals surface area contributed by atoms with Gasteiger partial charge in [-0.1, -0.05) is 11.6 Å². The number of aromatic nitrogens is 4. The van der Waals surface area contributed by atoms with Gasteiger partial charge in [-0.15, -0.1) is 0 Å². The molecule has 7 heteroatoms. The average Bonchev–Trinajstić information content (AvgIpc) is 2.70. The van der Waals surface area contributed by atoms with Crippen molar-refractivity contribution in [2.45, 2.75) is 0 Å². The predicted molar refractivity (Wildman–Crippen MR) is 65.6 cm³/mol. The second kappa shape index (κ2) is 3.92. The van der Waals surface area contributed by atoms with E-state index < -0.39 is 0 Å². The van der Waals surface area contributed by atoms with Crippen LogP contribution in [0.5, 0.6) is 0 Å². The van der Waals surface area contributed by atoms with Crippen LogP contribution < -0.4 is 5.73 Å². The molecule has 0 spiro atoms. The first kappa shape index (κ1) is 10.9. The van der Waals surface area contributed by atoms with E-state index in [2.05, 4.69) is 15.0 Å². The number of hydrogen-bond acceptors (Lipinski definition) is 4. The minimum absolute atomic E-state index is 0.226. The topological polar surface area (TPSA) is 69.1 Å². The Morgan fingerprint density at radius 2 is 2.11 bits per heavy atom. The van der Waals surface area contributed by atoms with Crippen molar-refractivity contribution >= 4 is 23.1 Å². The number of pyridine rings is 1. The van der Waals surface area contributed by atoms with Gasteiger partial charge in [-0.05, 0) is 12.1 Å². The third-order valence-electron chi connectivity index (χ3n) is 2.41. The van der Waals surface area contributed by atoms with E-state index in [1.165, 1.54) is 18.3 Å². The van der Waals surface area contributed by atoms with Crippen LogP contribution in [0, 0.1) is 5.82 Å². The summed E-state index contributed by atoms with van der Waals surface area (Å²) in [5, 5.41) is 0.226. The maximum absolute atomic E-state index is 13.2. The van der Waals surface area contributed by atoms with Crippen LogP contribution in [0.15, 0.2) is 30.6 Å². The van der Waals surface area contributed by atoms with Crippen LogP contribution in [0.4, 0.5) is 10.2 Å². The number of rotatable bonds is 1. The van der Waals surface area contributed by atoms with Crippen molar-refractivity contribution in [3.8, 4) is 11.5 Å². The molecule has 0 amide bonds. The molecule has 18 heavy (non-hydrogen) atoms. The van der Waals surface area contributed by atoms with Gasteiger partial charge in [0.1, 0.15) is 28.1 Å². The number of nitrogens with two attached hydrogens (primary N) is 1. The van der Waals surface area contributed by atoms with Crippen molar-refractivity contribution < 1.29 is 4.39 Å². The highest BCUT2D eigenvalue weighted by atomic mass is 35.5. The molecule has 0 aromatic carbocycles. The van der Waals surface area contributed by atoms with Crippen molar-refractivity contribution in [3.05, 3.63) is 41.6 Å². The molecule has 90 valence electrons. The van der Waals surface area contributed by atoms with Crippen molar-refractivity contribution in [2.24, 2.45) is 0 Å². The monoisotopic (exact) mass is 263 g/mol. The maximum Gasteiger partial charge on any atom is 0.181 e. The van der Waals surface area contributed by atoms with E-state index in [0.29, 0.717) is 17.2 Å². The van der Waals surface area contributed by atoms with Gasteiger partial charge in [-0.25, -0.2) is 19.3 Å². The van der Waals surface area contributed by atoms with Gasteiger partial charge >= 0.3 is 0 Å². The van der Waals surface area contributed by atoms with E-state index in [9.17, 15) is 4.39 Å². The highest BCUT2D eigenvalue weighted by Crippen LogP contribution is 2.20. The van der Waals surface area contributed by atoms with E-state index >= 15 is 0 Å². The van der Waals surface area contributed by atoms with Crippen LogP contribution in [0.1, 0.15) is 0 Å². The first-order chi connectivity index (χ1) is 8.63. The molecule has 0 unspecified atom stereocenters. The Labute approximate surface area is 106 Å². The smallest absolute Gasteiger partial charge is 0.181 e. The second-order valence-electron chi connectivity index (χ2n) is 3.66. The maximum atomic E-state index is 13.2. The number of nitrogen functional groups attached to an aromatic ring is 1. The van der Waals surface area contributed by atoms with E-state index in [4.69, 9.17) is 17.3 Å². The molecule has 0 atom stereocenters. The van der Waals surface area contributed by atoms with Gasteiger partial charge in [0.25, 0.3) is 0 Å². The molecule has 3 aromatic rings. The fourth-order valence-corrected chi connectivity index (χ4v) is 1.86. The third kappa shape index (κ3) is 1.76. The van der Waals surface area contributed by atoms with E-state index in [1.807, 2.05) is 0 Å². The molecule has 0 aliphatic carbocycles. The Bertz CT molecular complexity index is 719. The summed E-state index contributed by atoms with van der Waals surface area (Å²) in [7, 11) is 0. The Morgan fingerprint density at radius 1 is 1.28 bits per heavy atom. The SMILES string of the molecule is Nc1cc(Cl)nc(-c2cnc3ccc(F)cn23)n1. The summed E-state index contributed by atoms with van der Waals surface area (Å²) in [5.74, 6) is 0.172. The van der Waals surface area contributed by atoms with Gasteiger partial charge in [0.2, 0.25) is 0 Å². The molecule has 3 rings (SSSR count). The second-order valence-corrected chi connectivity index (χ2v) is 4.05. The first-order valence-electron chi connectivity index (χ1n) is 5.06. The zero-order valence-corrected chi connectivity index (χ0v) is 9.76. The lowest BCUT2D eigenvalue weighted by Crippen LogP contribution is -1.98. The standard InChI is InChI=1S/C11H7ClFN5/c12-8-3-9(14)17-11(16-8)7-4-15-10-2-1-6(13)5-18(7)10/h1-5H,(H2,14,16,17). The molecule has 0 saturated carbocycles. The lowest BCUT2D eigenvalue weighted by atomic mass is 10.4. The molecular weight excluding hydrogens is 257 g/mol. The predicted octanol–water partition coefficient (Wildman–Crippen LogP) is 2.17. The van der Waals surface area contributed by atoms with Crippen LogP contribution >= 0.6 is 11.6 Å². The zero-order valence-electron chi connectivity index (χ0n) is 9.01. The summed E-state index contributed by atoms with van der Waals surface area (Å²) < 4.78 is 14.8. The molecule has 0 fully saturated rings. The molecule has 3 heterocycles. The van der Waals surface area contributed by atoms with Crippen LogP contribution in [0.2, 0.25) is 5.15 Å². The van der Waals surface area contributed by atoms with Gasteiger partial charge in [0, 0.05) is 12.3 Å². The molecule has 0 radical (unpaired) electrons. The fourth-order valence-electron chi connectivity index (χ4n) is 1.67. The van der Waals surface area contributed by atoms with Gasteiger partial charge < -0.3 is 5.73 Å². The number of anilines is 1. The van der Waals surface area contributed by atoms with E-state index in [0.717, 1.165) is 0 Å². The fraction of sp³-hybridized carbons (Fsp3) is 0. The van der Waals surface area contributed by atoms with Crippen molar-refractivity contribution in [1.82, 2.24) is 19.4 Å². The number of nitrogens with zero attached hydrogens (tertiary/aromatic N) is 4. The minimum Gasteiger partial charge on any atom is -0.384 e. The summed E-state index contributed by atoms with van der Waals surface area (Å²) in [6.07, 6.45) is 2.85. The highest BCUT2D eigenvalue weighted by Gasteiger charge is 2.10. The average molecular weight is 264 g/mol. The van der Waals surface area contributed by atoms with Gasteiger partial charge in [-0.3, -0.25) is 4.40 Å². The first-order valence-corrected chi connectivity index (χ1v) is 5.44. The summed E-state index contributed by atoms with van der Waals surface area (Å²) in [6.45, 7) is 0. The lowest BCUT2D eigenvalue weighted by molar-refractivity contribution is 0.619. The van der Waals surface area contributed by atoms with Crippen LogP contribution in [0.25, 0.3) is 17.2 Å². The van der Waals surface area contributed by atoms with E-state index in [1.54, 1.807) is 16.7 Å². The lowest BCUT2D eigenvalue weighted by Gasteiger charge is -2.02. The quantitative estimate of drug-likeness (QED) is 0.683. The Morgan fingerprint density at radius 3 is 2.89 bits per heavy atom. The van der Waals surface area contributed by atoms with Gasteiger partial charge in [0.15, 0.2) is 5.82 Å². The highest BCUT2D eigenvalue weighted by molar-refractivity contribution is 6.29. The number of halogens is 2. The molecule has 0 aliphatic heterocycles. The molecule has 2 N–H and O–H groups in total. The van der Waals surface area contributed by atoms with Crippen LogP contribution in [0.3, 0.4) is 0 Å². The molecule has 0 saturated heterocycles. The zero-order chi connectivity index (χ0) is 12.7. The number of hydrogen-bond donors (Lipinski definition) is 1. The summed E-state index contributed by atoms with van der Waals surface area (Å²) in [4.78, 5) is 12.2. The summed E-state index contributed by atoms with van der Waals surface area (Å²) >= 11 is 5.81. The number of imidazole rings is 1. The van der Waals surface area contributed by atoms with E-state index in [-0.39, 0.29) is 16.8 Å². The number of fused-ring (bicyclic) bond motifs is 1. The molecule has 0 aliphatic rings. The van der Waals surface area contributed by atoms with Crippen molar-refractivity contribution in [1.29, 1.82) is 0 Å². The third-order valence-corrected chi connectivity index (χ3v) is 2.61. The molecule has 3 aromatic heterocycles. The Hall–Kier alpha value is -2.21. The van der Waals surface area contributed by atoms with Gasteiger partial charge in [-0.2, -0.15) is 0 Å². The Balaban J connectivity index is 2.27. The molecule has 0 bridgehead atoms. The molecule has 5 nitrogen and oxygen atoms in total. The van der Waals surface area contributed by atoms with Crippen molar-refractivity contribution in [2.75, 3.05) is 5.73 Å². The Kier molecular flexibility index (Phi) is 2.38.